The fourth-order valence-corrected chi connectivity index (χ4v) is 2.51. The molecule has 1 aromatic carbocycles. The Labute approximate surface area is 124 Å². The molecule has 0 bridgehead atoms. The number of pyridine rings is 1. The van der Waals surface area contributed by atoms with Gasteiger partial charge in [-0.3, -0.25) is 9.78 Å². The molecule has 0 aliphatic rings. The number of hydrogen-bond donors (Lipinski definition) is 0. The Hall–Kier alpha value is -1.39. The lowest BCUT2D eigenvalue weighted by Crippen LogP contribution is -2.04. The van der Waals surface area contributed by atoms with Gasteiger partial charge in [-0.1, -0.05) is 17.7 Å². The maximum Gasteiger partial charge on any atom is 0.168 e. The van der Waals surface area contributed by atoms with Gasteiger partial charge in [0.15, 0.2) is 5.78 Å². The predicted molar refractivity (Wildman–Crippen MR) is 78.0 cm³/mol. The van der Waals surface area contributed by atoms with E-state index in [-0.39, 0.29) is 12.2 Å². The maximum absolute atomic E-state index is 12.1. The van der Waals surface area contributed by atoms with E-state index in [1.165, 1.54) is 6.20 Å². The molecule has 0 atom stereocenters. The Morgan fingerprint density at radius 3 is 2.84 bits per heavy atom. The SMILES string of the molecule is COc1ccc(CC(=O)c2ccncc2Cl)cc1Br. The van der Waals surface area contributed by atoms with E-state index in [1.54, 1.807) is 19.4 Å². The summed E-state index contributed by atoms with van der Waals surface area (Å²) in [6.07, 6.45) is 3.31. The van der Waals surface area contributed by atoms with Gasteiger partial charge in [0, 0.05) is 24.4 Å². The Morgan fingerprint density at radius 1 is 1.42 bits per heavy atom. The van der Waals surface area contributed by atoms with E-state index in [1.807, 2.05) is 18.2 Å². The summed E-state index contributed by atoms with van der Waals surface area (Å²) >= 11 is 9.35. The van der Waals surface area contributed by atoms with E-state index in [4.69, 9.17) is 16.3 Å². The number of rotatable bonds is 4. The lowest BCUT2D eigenvalue weighted by atomic mass is 10.0. The van der Waals surface area contributed by atoms with Crippen molar-refractivity contribution in [1.82, 2.24) is 4.98 Å². The number of aromatic nitrogens is 1. The average Bonchev–Trinajstić information content (AvgIpc) is 2.39. The minimum Gasteiger partial charge on any atom is -0.496 e. The molecule has 19 heavy (non-hydrogen) atoms. The number of hydrogen-bond acceptors (Lipinski definition) is 3. The van der Waals surface area contributed by atoms with Crippen molar-refractivity contribution in [3.63, 3.8) is 0 Å². The van der Waals surface area contributed by atoms with Crippen LogP contribution in [0.25, 0.3) is 0 Å². The molecule has 0 N–H and O–H groups in total. The van der Waals surface area contributed by atoms with E-state index in [0.717, 1.165) is 15.8 Å². The highest BCUT2D eigenvalue weighted by molar-refractivity contribution is 9.10. The predicted octanol–water partition coefficient (Wildman–Crippen LogP) is 3.93. The van der Waals surface area contributed by atoms with Crippen LogP contribution < -0.4 is 4.74 Å². The summed E-state index contributed by atoms with van der Waals surface area (Å²) in [5, 5.41) is 0.375. The van der Waals surface area contributed by atoms with Gasteiger partial charge in [-0.05, 0) is 39.7 Å². The second kappa shape index (κ2) is 6.17. The van der Waals surface area contributed by atoms with Gasteiger partial charge in [0.1, 0.15) is 5.75 Å². The van der Waals surface area contributed by atoms with Crippen molar-refractivity contribution in [2.24, 2.45) is 0 Å². The van der Waals surface area contributed by atoms with Crippen molar-refractivity contribution >= 4 is 33.3 Å². The monoisotopic (exact) mass is 339 g/mol. The summed E-state index contributed by atoms with van der Waals surface area (Å²) < 4.78 is 5.97. The molecule has 1 aromatic heterocycles. The van der Waals surface area contributed by atoms with E-state index in [9.17, 15) is 4.79 Å². The summed E-state index contributed by atoms with van der Waals surface area (Å²) in [4.78, 5) is 16.0. The van der Waals surface area contributed by atoms with Crippen LogP contribution in [0.5, 0.6) is 5.75 Å². The molecule has 0 fully saturated rings. The normalized spacial score (nSPS) is 10.3. The van der Waals surface area contributed by atoms with Crippen molar-refractivity contribution in [2.45, 2.75) is 6.42 Å². The molecule has 0 saturated carbocycles. The van der Waals surface area contributed by atoms with Crippen LogP contribution in [0, 0.1) is 0 Å². The van der Waals surface area contributed by atoms with Crippen LogP contribution in [-0.4, -0.2) is 17.9 Å². The van der Waals surface area contributed by atoms with Crippen LogP contribution in [-0.2, 0) is 6.42 Å². The number of halogens is 2. The summed E-state index contributed by atoms with van der Waals surface area (Å²) in [7, 11) is 1.60. The maximum atomic E-state index is 12.1. The topological polar surface area (TPSA) is 39.2 Å². The molecule has 3 nitrogen and oxygen atoms in total. The van der Waals surface area contributed by atoms with E-state index < -0.39 is 0 Å². The Morgan fingerprint density at radius 2 is 2.21 bits per heavy atom. The van der Waals surface area contributed by atoms with E-state index in [2.05, 4.69) is 20.9 Å². The smallest absolute Gasteiger partial charge is 0.168 e. The molecule has 98 valence electrons. The molecule has 0 spiro atoms. The highest BCUT2D eigenvalue weighted by Crippen LogP contribution is 2.26. The summed E-state index contributed by atoms with van der Waals surface area (Å²) in [5.74, 6) is 0.697. The lowest BCUT2D eigenvalue weighted by Gasteiger charge is -2.06. The van der Waals surface area contributed by atoms with Gasteiger partial charge in [-0.25, -0.2) is 0 Å². The third kappa shape index (κ3) is 3.33. The highest BCUT2D eigenvalue weighted by atomic mass is 79.9. The third-order valence-electron chi connectivity index (χ3n) is 2.65. The van der Waals surface area contributed by atoms with Crippen molar-refractivity contribution in [3.8, 4) is 5.75 Å². The summed E-state index contributed by atoms with van der Waals surface area (Å²) in [6.45, 7) is 0. The second-order valence-corrected chi connectivity index (χ2v) is 5.19. The zero-order valence-electron chi connectivity index (χ0n) is 10.2. The van der Waals surface area contributed by atoms with Crippen molar-refractivity contribution in [3.05, 3.63) is 57.3 Å². The van der Waals surface area contributed by atoms with Gasteiger partial charge in [0.05, 0.1) is 16.6 Å². The number of Topliss-reactive ketones (excluding diaryl/α,β-unsaturated/α-hetero) is 1. The molecular weight excluding hydrogens is 330 g/mol. The number of benzene rings is 1. The molecule has 1 heterocycles. The van der Waals surface area contributed by atoms with Gasteiger partial charge in [0.2, 0.25) is 0 Å². The quantitative estimate of drug-likeness (QED) is 0.792. The summed E-state index contributed by atoms with van der Waals surface area (Å²) in [5.41, 5.74) is 1.38. The van der Waals surface area contributed by atoms with E-state index >= 15 is 0 Å². The summed E-state index contributed by atoms with van der Waals surface area (Å²) in [6, 6.07) is 7.17. The minimum atomic E-state index is -0.0375. The van der Waals surface area contributed by atoms with Crippen LogP contribution in [0.1, 0.15) is 15.9 Å². The molecule has 0 saturated heterocycles. The molecule has 0 aliphatic carbocycles. The number of carbonyl (C=O) groups excluding carboxylic acids is 1. The van der Waals surface area contributed by atoms with Crippen LogP contribution in [0.2, 0.25) is 5.02 Å². The number of carbonyl (C=O) groups is 1. The van der Waals surface area contributed by atoms with Gasteiger partial charge in [-0.15, -0.1) is 0 Å². The molecule has 5 heteroatoms. The van der Waals surface area contributed by atoms with Crippen molar-refractivity contribution in [2.75, 3.05) is 7.11 Å². The first-order chi connectivity index (χ1) is 9.11. The Kier molecular flexibility index (Phi) is 4.56. The van der Waals surface area contributed by atoms with E-state index in [0.29, 0.717) is 10.6 Å². The van der Waals surface area contributed by atoms with Crippen LogP contribution >= 0.6 is 27.5 Å². The van der Waals surface area contributed by atoms with Crippen LogP contribution in [0.4, 0.5) is 0 Å². The number of methoxy groups -OCH3 is 1. The van der Waals surface area contributed by atoms with Crippen molar-refractivity contribution in [1.29, 1.82) is 0 Å². The Balaban J connectivity index is 2.20. The van der Waals surface area contributed by atoms with Crippen LogP contribution in [0.15, 0.2) is 41.1 Å². The van der Waals surface area contributed by atoms with Crippen molar-refractivity contribution < 1.29 is 9.53 Å². The number of ketones is 1. The zero-order chi connectivity index (χ0) is 13.8. The zero-order valence-corrected chi connectivity index (χ0v) is 12.5. The minimum absolute atomic E-state index is 0.0375. The lowest BCUT2D eigenvalue weighted by molar-refractivity contribution is 0.0993. The molecule has 0 unspecified atom stereocenters. The van der Waals surface area contributed by atoms with Gasteiger partial charge >= 0.3 is 0 Å². The van der Waals surface area contributed by atoms with Crippen LogP contribution in [0.3, 0.4) is 0 Å². The highest BCUT2D eigenvalue weighted by Gasteiger charge is 2.12. The molecule has 0 aliphatic heterocycles. The Bertz CT molecular complexity index is 616. The first kappa shape index (κ1) is 14.0. The fourth-order valence-electron chi connectivity index (χ4n) is 1.70. The molecule has 2 rings (SSSR count). The molecule has 0 amide bonds. The third-order valence-corrected chi connectivity index (χ3v) is 3.57. The fraction of sp³-hybridized carbons (Fsp3) is 0.143. The molecular formula is C14H11BrClNO2. The van der Waals surface area contributed by atoms with Gasteiger partial charge < -0.3 is 4.74 Å². The largest absolute Gasteiger partial charge is 0.496 e. The first-order valence-corrected chi connectivity index (χ1v) is 6.74. The number of nitrogens with zero attached hydrogens (tertiary/aromatic N) is 1. The standard InChI is InChI=1S/C14H11BrClNO2/c1-19-14-3-2-9(6-11(14)15)7-13(18)10-4-5-17-8-12(10)16/h2-6,8H,7H2,1H3. The molecule has 2 aromatic rings. The molecule has 0 radical (unpaired) electrons. The average molecular weight is 341 g/mol. The first-order valence-electron chi connectivity index (χ1n) is 5.57. The van der Waals surface area contributed by atoms with Gasteiger partial charge in [-0.2, -0.15) is 0 Å². The second-order valence-electron chi connectivity index (χ2n) is 3.92. The number of ether oxygens (including phenoxy) is 1. The van der Waals surface area contributed by atoms with Gasteiger partial charge in [0.25, 0.3) is 0 Å².